The number of hydrogen-bond donors (Lipinski definition) is 0. The van der Waals surface area contributed by atoms with E-state index in [1.165, 1.54) is 11.8 Å². The van der Waals surface area contributed by atoms with Crippen LogP contribution in [0.4, 0.5) is 0 Å². The van der Waals surface area contributed by atoms with Crippen molar-refractivity contribution in [2.75, 3.05) is 20.2 Å². The fourth-order valence-electron chi connectivity index (χ4n) is 3.13. The molecule has 0 unspecified atom stereocenters. The molecule has 0 radical (unpaired) electrons. The molecule has 162 valence electrons. The van der Waals surface area contributed by atoms with E-state index in [0.717, 1.165) is 13.1 Å². The molecule has 0 aliphatic heterocycles. The maximum Gasteiger partial charge on any atom is 0.377 e. The van der Waals surface area contributed by atoms with Gasteiger partial charge >= 0.3 is 5.97 Å². The van der Waals surface area contributed by atoms with Crippen molar-refractivity contribution >= 4 is 35.0 Å². The van der Waals surface area contributed by atoms with Crippen LogP contribution < -0.4 is 0 Å². The summed E-state index contributed by atoms with van der Waals surface area (Å²) in [7, 11) is 1.27. The molecule has 3 aromatic rings. The van der Waals surface area contributed by atoms with Gasteiger partial charge in [-0.1, -0.05) is 49.2 Å². The molecule has 0 saturated heterocycles. The predicted molar refractivity (Wildman–Crippen MR) is 119 cm³/mol. The van der Waals surface area contributed by atoms with Crippen LogP contribution in [0.25, 0.3) is 5.69 Å². The van der Waals surface area contributed by atoms with E-state index in [4.69, 9.17) is 27.9 Å². The Morgan fingerprint density at radius 3 is 2.42 bits per heavy atom. The molecule has 0 aliphatic carbocycles. The monoisotopic (exact) mass is 460 g/mol. The molecule has 0 aliphatic rings. The lowest BCUT2D eigenvalue weighted by atomic mass is 10.0. The van der Waals surface area contributed by atoms with Gasteiger partial charge in [-0.3, -0.25) is 9.69 Å². The number of aromatic nitrogens is 3. The van der Waals surface area contributed by atoms with E-state index in [9.17, 15) is 9.59 Å². The molecule has 0 fully saturated rings. The van der Waals surface area contributed by atoms with Crippen LogP contribution in [0.15, 0.2) is 42.5 Å². The van der Waals surface area contributed by atoms with Gasteiger partial charge in [0, 0.05) is 16.1 Å². The molecule has 31 heavy (non-hydrogen) atoms. The number of halogens is 2. The van der Waals surface area contributed by atoms with Gasteiger partial charge < -0.3 is 4.74 Å². The van der Waals surface area contributed by atoms with Crippen molar-refractivity contribution < 1.29 is 14.3 Å². The number of ether oxygens (including phenoxy) is 1. The lowest BCUT2D eigenvalue weighted by molar-refractivity contribution is 0.0586. The van der Waals surface area contributed by atoms with Gasteiger partial charge in [-0.2, -0.15) is 0 Å². The smallest absolute Gasteiger partial charge is 0.377 e. The van der Waals surface area contributed by atoms with Crippen LogP contribution in [0.1, 0.15) is 46.2 Å². The first-order chi connectivity index (χ1) is 14.9. The predicted octanol–water partition coefficient (Wildman–Crippen LogP) is 4.43. The Balaban J connectivity index is 2.18. The molecule has 9 heteroatoms. The minimum Gasteiger partial charge on any atom is -0.463 e. The number of methoxy groups -OCH3 is 1. The van der Waals surface area contributed by atoms with Crippen LogP contribution in [-0.4, -0.2) is 51.6 Å². The molecule has 7 nitrogen and oxygen atoms in total. The van der Waals surface area contributed by atoms with E-state index in [1.54, 1.807) is 42.5 Å². The Labute approximate surface area is 190 Å². The molecule has 0 saturated carbocycles. The summed E-state index contributed by atoms with van der Waals surface area (Å²) in [6.07, 6.45) is 0. The molecular weight excluding hydrogens is 439 g/mol. The Morgan fingerprint density at radius 2 is 1.77 bits per heavy atom. The highest BCUT2D eigenvalue weighted by Gasteiger charge is 2.24. The zero-order valence-corrected chi connectivity index (χ0v) is 18.9. The molecule has 3 rings (SSSR count). The summed E-state index contributed by atoms with van der Waals surface area (Å²) in [6, 6.07) is 11.7. The summed E-state index contributed by atoms with van der Waals surface area (Å²) >= 11 is 12.5. The molecule has 2 aromatic carbocycles. The third-order valence-electron chi connectivity index (χ3n) is 4.85. The molecule has 0 bridgehead atoms. The number of carbonyl (C=O) groups excluding carboxylic acids is 2. The van der Waals surface area contributed by atoms with Gasteiger partial charge in [-0.05, 0) is 43.4 Å². The Kier molecular flexibility index (Phi) is 7.43. The van der Waals surface area contributed by atoms with Crippen molar-refractivity contribution in [3.63, 3.8) is 0 Å². The Morgan fingerprint density at radius 1 is 1.06 bits per heavy atom. The average molecular weight is 461 g/mol. The average Bonchev–Trinajstić information content (AvgIpc) is 3.20. The van der Waals surface area contributed by atoms with Crippen molar-refractivity contribution in [3.8, 4) is 5.69 Å². The Hall–Kier alpha value is -2.74. The summed E-state index contributed by atoms with van der Waals surface area (Å²) in [4.78, 5) is 31.9. The zero-order chi connectivity index (χ0) is 22.5. The van der Waals surface area contributed by atoms with E-state index >= 15 is 0 Å². The molecule has 0 spiro atoms. The highest BCUT2D eigenvalue weighted by atomic mass is 35.5. The first-order valence-electron chi connectivity index (χ1n) is 9.75. The summed E-state index contributed by atoms with van der Waals surface area (Å²) < 4.78 is 6.27. The van der Waals surface area contributed by atoms with E-state index in [1.807, 2.05) is 13.8 Å². The van der Waals surface area contributed by atoms with Crippen molar-refractivity contribution in [1.29, 1.82) is 0 Å². The second-order valence-corrected chi connectivity index (χ2v) is 7.53. The van der Waals surface area contributed by atoms with Gasteiger partial charge in [-0.15, -0.1) is 5.10 Å². The lowest BCUT2D eigenvalue weighted by Gasteiger charge is -2.18. The van der Waals surface area contributed by atoms with Gasteiger partial charge in [0.2, 0.25) is 0 Å². The summed E-state index contributed by atoms with van der Waals surface area (Å²) in [5, 5.41) is 5.05. The van der Waals surface area contributed by atoms with E-state index in [2.05, 4.69) is 15.0 Å². The molecule has 0 atom stereocenters. The first kappa shape index (κ1) is 22.9. The molecule has 0 amide bonds. The number of ketones is 1. The van der Waals surface area contributed by atoms with Crippen LogP contribution in [0.2, 0.25) is 10.0 Å². The van der Waals surface area contributed by atoms with Gasteiger partial charge in [-0.25, -0.2) is 14.5 Å². The minimum atomic E-state index is -0.660. The maximum atomic E-state index is 13.3. The zero-order valence-electron chi connectivity index (χ0n) is 17.4. The number of esters is 1. The van der Waals surface area contributed by atoms with Crippen molar-refractivity contribution in [2.45, 2.75) is 20.4 Å². The van der Waals surface area contributed by atoms with E-state index in [-0.39, 0.29) is 11.6 Å². The number of benzene rings is 2. The second kappa shape index (κ2) is 10.0. The van der Waals surface area contributed by atoms with E-state index < -0.39 is 5.97 Å². The highest BCUT2D eigenvalue weighted by molar-refractivity contribution is 6.35. The summed E-state index contributed by atoms with van der Waals surface area (Å²) in [5.41, 5.74) is 1.08. The van der Waals surface area contributed by atoms with Crippen molar-refractivity contribution in [3.05, 3.63) is 75.3 Å². The number of hydrogen-bond acceptors (Lipinski definition) is 6. The van der Waals surface area contributed by atoms with E-state index in [0.29, 0.717) is 39.2 Å². The second-order valence-electron chi connectivity index (χ2n) is 6.69. The van der Waals surface area contributed by atoms with Gasteiger partial charge in [0.1, 0.15) is 5.82 Å². The highest BCUT2D eigenvalue weighted by Crippen LogP contribution is 2.26. The fraction of sp³-hybridized carbons (Fsp3) is 0.273. The molecule has 1 aromatic heterocycles. The van der Waals surface area contributed by atoms with Gasteiger partial charge in [0.15, 0.2) is 5.78 Å². The topological polar surface area (TPSA) is 77.3 Å². The minimum absolute atomic E-state index is 0.0873. The largest absolute Gasteiger partial charge is 0.463 e. The molecule has 0 N–H and O–H groups in total. The number of carbonyl (C=O) groups is 2. The normalized spacial score (nSPS) is 11.0. The van der Waals surface area contributed by atoms with Crippen LogP contribution in [0, 0.1) is 0 Å². The summed E-state index contributed by atoms with van der Waals surface area (Å²) in [6.45, 7) is 6.05. The van der Waals surface area contributed by atoms with Crippen molar-refractivity contribution in [2.24, 2.45) is 0 Å². The van der Waals surface area contributed by atoms with Crippen LogP contribution in [-0.2, 0) is 11.3 Å². The van der Waals surface area contributed by atoms with Crippen LogP contribution in [0.3, 0.4) is 0 Å². The maximum absolute atomic E-state index is 13.3. The fourth-order valence-corrected chi connectivity index (χ4v) is 3.52. The standard InChI is InChI=1S/C22H22Cl2N4O3/c1-4-27(5-2)13-19-25-21(22(30)31-3)26-28(19)18-11-10-14(23)12-16(18)20(29)15-8-6-7-9-17(15)24/h6-12H,4-5,13H2,1-3H3. The first-order valence-corrected chi connectivity index (χ1v) is 10.5. The Bertz CT molecular complexity index is 1110. The number of nitrogens with zero attached hydrogens (tertiary/aromatic N) is 4. The SMILES string of the molecule is CCN(CC)Cc1nc(C(=O)OC)nn1-c1ccc(Cl)cc1C(=O)c1ccccc1Cl. The third kappa shape index (κ3) is 4.95. The molecule has 1 heterocycles. The summed E-state index contributed by atoms with van der Waals surface area (Å²) in [5.74, 6) is -0.560. The van der Waals surface area contributed by atoms with Crippen LogP contribution >= 0.6 is 23.2 Å². The number of rotatable bonds is 8. The lowest BCUT2D eigenvalue weighted by Crippen LogP contribution is -2.24. The van der Waals surface area contributed by atoms with Gasteiger partial charge in [0.25, 0.3) is 5.82 Å². The van der Waals surface area contributed by atoms with Crippen molar-refractivity contribution in [1.82, 2.24) is 19.7 Å². The molecular formula is C22H22Cl2N4O3. The third-order valence-corrected chi connectivity index (χ3v) is 5.42. The van der Waals surface area contributed by atoms with Crippen LogP contribution in [0.5, 0.6) is 0 Å². The quantitative estimate of drug-likeness (QED) is 0.365. The van der Waals surface area contributed by atoms with Gasteiger partial charge in [0.05, 0.1) is 24.4 Å².